The van der Waals surface area contributed by atoms with E-state index in [1.54, 1.807) is 0 Å². The monoisotopic (exact) mass is 298 g/mol. The van der Waals surface area contributed by atoms with Crippen molar-refractivity contribution in [2.75, 3.05) is 6.61 Å². The van der Waals surface area contributed by atoms with Gasteiger partial charge in [-0.15, -0.1) is 0 Å². The first-order valence-electron chi connectivity index (χ1n) is 6.89. The van der Waals surface area contributed by atoms with Crippen LogP contribution in [0.25, 0.3) is 0 Å². The van der Waals surface area contributed by atoms with Crippen LogP contribution in [-0.4, -0.2) is 27.7 Å². The zero-order valence-corrected chi connectivity index (χ0v) is 12.5. The summed E-state index contributed by atoms with van der Waals surface area (Å²) in [4.78, 5) is 19.6. The average molecular weight is 299 g/mol. The van der Waals surface area contributed by atoms with Gasteiger partial charge in [0, 0.05) is 6.61 Å². The molecule has 2 unspecified atom stereocenters. The van der Waals surface area contributed by atoms with Crippen LogP contribution in [0.15, 0.2) is 6.20 Å². The molecule has 20 heavy (non-hydrogen) atoms. The Morgan fingerprint density at radius 1 is 1.65 bits per heavy atom. The first-order valence-corrected chi connectivity index (χ1v) is 7.26. The van der Waals surface area contributed by atoms with Crippen molar-refractivity contribution in [2.24, 2.45) is 5.92 Å². The van der Waals surface area contributed by atoms with E-state index in [-0.39, 0.29) is 10.7 Å². The van der Waals surface area contributed by atoms with Crippen molar-refractivity contribution in [3.63, 3.8) is 0 Å². The van der Waals surface area contributed by atoms with Crippen LogP contribution in [0.4, 0.5) is 0 Å². The second-order valence-electron chi connectivity index (χ2n) is 5.32. The van der Waals surface area contributed by atoms with E-state index in [0.29, 0.717) is 18.3 Å². The topological polar surface area (TPSA) is 72.3 Å². The van der Waals surface area contributed by atoms with Crippen molar-refractivity contribution in [3.05, 3.63) is 22.7 Å². The summed E-state index contributed by atoms with van der Waals surface area (Å²) in [6.45, 7) is 4.64. The molecule has 0 aliphatic heterocycles. The Morgan fingerprint density at radius 2 is 2.40 bits per heavy atom. The van der Waals surface area contributed by atoms with Crippen LogP contribution < -0.4 is 0 Å². The summed E-state index contributed by atoms with van der Waals surface area (Å²) < 4.78 is 5.94. The molecule has 110 valence electrons. The SMILES string of the molecule is CCOC1(c2ncc(Cl)c(C(=O)O)n2)CCCC(C)C1. The van der Waals surface area contributed by atoms with E-state index in [2.05, 4.69) is 16.9 Å². The quantitative estimate of drug-likeness (QED) is 0.923. The van der Waals surface area contributed by atoms with Crippen LogP contribution in [0.5, 0.6) is 0 Å². The molecule has 1 N–H and O–H groups in total. The van der Waals surface area contributed by atoms with Gasteiger partial charge in [-0.25, -0.2) is 14.8 Å². The Balaban J connectivity index is 2.44. The lowest BCUT2D eigenvalue weighted by atomic mass is 9.78. The number of hydrogen-bond acceptors (Lipinski definition) is 4. The van der Waals surface area contributed by atoms with E-state index in [1.807, 2.05) is 6.92 Å². The van der Waals surface area contributed by atoms with E-state index in [1.165, 1.54) is 6.20 Å². The second-order valence-corrected chi connectivity index (χ2v) is 5.73. The summed E-state index contributed by atoms with van der Waals surface area (Å²) in [6.07, 6.45) is 5.14. The lowest BCUT2D eigenvalue weighted by Crippen LogP contribution is -2.37. The molecule has 1 saturated carbocycles. The van der Waals surface area contributed by atoms with Gasteiger partial charge in [0.1, 0.15) is 5.60 Å². The van der Waals surface area contributed by atoms with Gasteiger partial charge < -0.3 is 9.84 Å². The molecule has 6 heteroatoms. The van der Waals surface area contributed by atoms with Crippen LogP contribution in [0.1, 0.15) is 55.8 Å². The van der Waals surface area contributed by atoms with Crippen LogP contribution in [0.2, 0.25) is 5.02 Å². The van der Waals surface area contributed by atoms with Gasteiger partial charge >= 0.3 is 5.97 Å². The standard InChI is InChI=1S/C14H19ClN2O3/c1-3-20-14(6-4-5-9(2)7-14)13-16-8-10(15)11(17-13)12(18)19/h8-9H,3-7H2,1-2H3,(H,18,19). The summed E-state index contributed by atoms with van der Waals surface area (Å²) in [5.41, 5.74) is -0.740. The Morgan fingerprint density at radius 3 is 3.00 bits per heavy atom. The molecule has 2 rings (SSSR count). The predicted octanol–water partition coefficient (Wildman–Crippen LogP) is 3.27. The van der Waals surface area contributed by atoms with Gasteiger partial charge in [0.15, 0.2) is 11.5 Å². The Hall–Kier alpha value is -1.20. The smallest absolute Gasteiger partial charge is 0.356 e. The summed E-state index contributed by atoms with van der Waals surface area (Å²) in [5.74, 6) is -0.204. The highest BCUT2D eigenvalue weighted by Crippen LogP contribution is 2.41. The first-order chi connectivity index (χ1) is 9.48. The van der Waals surface area contributed by atoms with E-state index in [9.17, 15) is 4.79 Å². The number of nitrogens with zero attached hydrogens (tertiary/aromatic N) is 2. The molecule has 0 radical (unpaired) electrons. The third kappa shape index (κ3) is 2.94. The molecule has 1 fully saturated rings. The largest absolute Gasteiger partial charge is 0.476 e. The van der Waals surface area contributed by atoms with Crippen molar-refractivity contribution in [3.8, 4) is 0 Å². The highest BCUT2D eigenvalue weighted by molar-refractivity contribution is 6.33. The normalized spacial score (nSPS) is 26.4. The van der Waals surface area contributed by atoms with Gasteiger partial charge in [0.2, 0.25) is 0 Å². The van der Waals surface area contributed by atoms with E-state index in [4.69, 9.17) is 21.4 Å². The summed E-state index contributed by atoms with van der Waals surface area (Å²) in [7, 11) is 0. The van der Waals surface area contributed by atoms with Crippen LogP contribution in [-0.2, 0) is 10.3 Å². The third-order valence-electron chi connectivity index (χ3n) is 3.73. The minimum atomic E-state index is -1.14. The lowest BCUT2D eigenvalue weighted by molar-refractivity contribution is -0.0881. The fourth-order valence-electron chi connectivity index (χ4n) is 2.91. The molecule has 0 bridgehead atoms. The maximum Gasteiger partial charge on any atom is 0.356 e. The summed E-state index contributed by atoms with van der Waals surface area (Å²) in [6, 6.07) is 0. The van der Waals surface area contributed by atoms with E-state index < -0.39 is 11.6 Å². The molecule has 1 aromatic heterocycles. The number of halogens is 1. The van der Waals surface area contributed by atoms with Crippen molar-refractivity contribution >= 4 is 17.6 Å². The number of aromatic carboxylic acids is 1. The molecule has 0 amide bonds. The highest BCUT2D eigenvalue weighted by atomic mass is 35.5. The minimum Gasteiger partial charge on any atom is -0.476 e. The van der Waals surface area contributed by atoms with E-state index >= 15 is 0 Å². The van der Waals surface area contributed by atoms with Gasteiger partial charge in [-0.05, 0) is 32.1 Å². The number of rotatable bonds is 4. The molecule has 0 spiro atoms. The van der Waals surface area contributed by atoms with Crippen LogP contribution >= 0.6 is 11.6 Å². The number of carboxylic acid groups (broad SMARTS) is 1. The molecular formula is C14H19ClN2O3. The average Bonchev–Trinajstić information content (AvgIpc) is 2.39. The minimum absolute atomic E-state index is 0.0526. The molecule has 1 aromatic rings. The van der Waals surface area contributed by atoms with E-state index in [0.717, 1.165) is 25.7 Å². The molecule has 1 aliphatic carbocycles. The molecule has 5 nitrogen and oxygen atoms in total. The fraction of sp³-hybridized carbons (Fsp3) is 0.643. The van der Waals surface area contributed by atoms with Gasteiger partial charge in [-0.2, -0.15) is 0 Å². The third-order valence-corrected chi connectivity index (χ3v) is 4.01. The number of carbonyl (C=O) groups is 1. The maximum atomic E-state index is 11.2. The van der Waals surface area contributed by atoms with Crippen molar-refractivity contribution in [1.82, 2.24) is 9.97 Å². The molecule has 0 aromatic carbocycles. The van der Waals surface area contributed by atoms with Crippen molar-refractivity contribution in [1.29, 1.82) is 0 Å². The van der Waals surface area contributed by atoms with Gasteiger partial charge in [0.25, 0.3) is 0 Å². The predicted molar refractivity (Wildman–Crippen MR) is 74.9 cm³/mol. The first kappa shape index (κ1) is 15.2. The lowest BCUT2D eigenvalue weighted by Gasteiger charge is -2.38. The van der Waals surface area contributed by atoms with Crippen molar-refractivity contribution < 1.29 is 14.6 Å². The highest BCUT2D eigenvalue weighted by Gasteiger charge is 2.40. The molecular weight excluding hydrogens is 280 g/mol. The van der Waals surface area contributed by atoms with Gasteiger partial charge in [-0.1, -0.05) is 24.9 Å². The fourth-order valence-corrected chi connectivity index (χ4v) is 3.09. The number of aromatic nitrogens is 2. The number of ether oxygens (including phenoxy) is 1. The zero-order chi connectivity index (χ0) is 14.8. The second kappa shape index (κ2) is 6.06. The van der Waals surface area contributed by atoms with Gasteiger partial charge in [0.05, 0.1) is 11.2 Å². The number of carboxylic acids is 1. The summed E-state index contributed by atoms with van der Waals surface area (Å²) in [5, 5.41) is 9.19. The number of hydrogen-bond donors (Lipinski definition) is 1. The molecule has 1 heterocycles. The van der Waals surface area contributed by atoms with Crippen LogP contribution in [0.3, 0.4) is 0 Å². The zero-order valence-electron chi connectivity index (χ0n) is 11.7. The summed E-state index contributed by atoms with van der Waals surface area (Å²) >= 11 is 5.83. The van der Waals surface area contributed by atoms with Crippen molar-refractivity contribution in [2.45, 2.75) is 45.1 Å². The molecule has 0 saturated heterocycles. The molecule has 2 atom stereocenters. The van der Waals surface area contributed by atoms with Gasteiger partial charge in [-0.3, -0.25) is 0 Å². The Bertz CT molecular complexity index is 505. The van der Waals surface area contributed by atoms with Crippen LogP contribution in [0, 0.1) is 5.92 Å². The molecule has 1 aliphatic rings. The Kier molecular flexibility index (Phi) is 4.60. The maximum absolute atomic E-state index is 11.2. The Labute approximate surface area is 123 Å².